The number of carbonyl (C=O) groups excluding carboxylic acids is 4. The Morgan fingerprint density at radius 2 is 1.70 bits per heavy atom. The second-order valence-corrected chi connectivity index (χ2v) is 9.84. The number of aromatic nitrogens is 2. The van der Waals surface area contributed by atoms with Gasteiger partial charge < -0.3 is 24.7 Å². The van der Waals surface area contributed by atoms with Crippen molar-refractivity contribution in [3.8, 4) is 0 Å². The second kappa shape index (κ2) is 12.5. The third kappa shape index (κ3) is 7.14. The first-order valence-electron chi connectivity index (χ1n) is 12.5. The lowest BCUT2D eigenvalue weighted by atomic mass is 9.98. The van der Waals surface area contributed by atoms with Crippen LogP contribution in [0.25, 0.3) is 0 Å². The van der Waals surface area contributed by atoms with E-state index in [9.17, 15) is 19.2 Å². The topological polar surface area (TPSA) is 144 Å². The van der Waals surface area contributed by atoms with Gasteiger partial charge in [-0.2, -0.15) is 0 Å². The first-order valence-corrected chi connectivity index (χ1v) is 12.5. The molecule has 1 aliphatic rings. The molecule has 3 atom stereocenters. The molecule has 2 heterocycles. The molecule has 0 saturated carbocycles. The maximum atomic E-state index is 13.5. The van der Waals surface area contributed by atoms with E-state index in [1.165, 1.54) is 4.90 Å². The average molecular weight is 514 g/mol. The van der Waals surface area contributed by atoms with Crippen molar-refractivity contribution in [1.29, 1.82) is 0 Å². The van der Waals surface area contributed by atoms with Crippen LogP contribution in [0.4, 0.5) is 4.79 Å². The number of ether oxygens (including phenoxy) is 1. The lowest BCUT2D eigenvalue weighted by Crippen LogP contribution is -2.57. The molecule has 0 spiro atoms. The number of nitrogens with zero attached hydrogens (tertiary/aromatic N) is 3. The van der Waals surface area contributed by atoms with Crippen LogP contribution in [0, 0.1) is 18.8 Å². The molecule has 3 amide bonds. The van der Waals surface area contributed by atoms with Gasteiger partial charge >= 0.3 is 6.09 Å². The summed E-state index contributed by atoms with van der Waals surface area (Å²) in [6, 6.07) is 6.69. The summed E-state index contributed by atoms with van der Waals surface area (Å²) in [5, 5.41) is 12.9. The molecule has 0 unspecified atom stereocenters. The van der Waals surface area contributed by atoms with Crippen molar-refractivity contribution >= 4 is 23.7 Å². The summed E-state index contributed by atoms with van der Waals surface area (Å²) in [6.07, 6.45) is 0.354. The fourth-order valence-electron chi connectivity index (χ4n) is 4.20. The van der Waals surface area contributed by atoms with E-state index in [0.717, 1.165) is 5.56 Å². The molecule has 1 fully saturated rings. The number of benzene rings is 1. The van der Waals surface area contributed by atoms with Gasteiger partial charge in [-0.05, 0) is 30.2 Å². The molecule has 2 N–H and O–H groups in total. The molecular formula is C26H35N5O6. The first-order chi connectivity index (χ1) is 17.6. The van der Waals surface area contributed by atoms with Gasteiger partial charge in [0, 0.05) is 13.5 Å². The van der Waals surface area contributed by atoms with E-state index < -0.39 is 35.9 Å². The van der Waals surface area contributed by atoms with E-state index in [4.69, 9.17) is 9.15 Å². The van der Waals surface area contributed by atoms with E-state index in [1.54, 1.807) is 20.8 Å². The summed E-state index contributed by atoms with van der Waals surface area (Å²) in [4.78, 5) is 53.5. The SMILES string of the molecule is Cc1nnc(C(=O)[C@@H](NC(=O)[C@@H]2CCCN2C(=O)[C@@H](NC(=O)OCc2ccccc2)C(C)C)C(C)C)o1. The minimum atomic E-state index is -0.892. The van der Waals surface area contributed by atoms with Crippen LogP contribution in [-0.4, -0.2) is 63.5 Å². The maximum Gasteiger partial charge on any atom is 0.408 e. The summed E-state index contributed by atoms with van der Waals surface area (Å²) in [5.74, 6) is -1.71. The zero-order valence-corrected chi connectivity index (χ0v) is 21.9. The Morgan fingerprint density at radius 3 is 2.30 bits per heavy atom. The average Bonchev–Trinajstić information content (AvgIpc) is 3.53. The van der Waals surface area contributed by atoms with Gasteiger partial charge in [-0.15, -0.1) is 10.2 Å². The largest absolute Gasteiger partial charge is 0.445 e. The Bertz CT molecular complexity index is 1100. The normalized spacial score (nSPS) is 16.9. The molecule has 0 radical (unpaired) electrons. The molecule has 1 saturated heterocycles. The molecule has 2 aromatic rings. The lowest BCUT2D eigenvalue weighted by molar-refractivity contribution is -0.141. The number of aryl methyl sites for hydroxylation is 1. The van der Waals surface area contributed by atoms with E-state index in [2.05, 4.69) is 20.8 Å². The number of carbonyl (C=O) groups is 4. The first kappa shape index (κ1) is 27.8. The Morgan fingerprint density at radius 1 is 1.03 bits per heavy atom. The van der Waals surface area contributed by atoms with Crippen LogP contribution in [0.1, 0.15) is 62.7 Å². The molecule has 11 nitrogen and oxygen atoms in total. The highest BCUT2D eigenvalue weighted by Gasteiger charge is 2.40. The van der Waals surface area contributed by atoms with Crippen molar-refractivity contribution in [1.82, 2.24) is 25.7 Å². The van der Waals surface area contributed by atoms with Gasteiger partial charge in [-0.1, -0.05) is 58.0 Å². The standard InChI is InChI=1S/C26H35N5O6/c1-15(2)20(22(32)24-30-29-17(5)37-24)27-23(33)19-12-9-13-31(19)25(34)21(16(3)4)28-26(35)36-14-18-10-7-6-8-11-18/h6-8,10-11,15-16,19-21H,9,12-14H2,1-5H3,(H,27,33)(H,28,35)/t19-,20-,21-/m0/s1. The highest BCUT2D eigenvalue weighted by Crippen LogP contribution is 2.22. The summed E-state index contributed by atoms with van der Waals surface area (Å²) in [7, 11) is 0. The number of likely N-dealkylation sites (tertiary alicyclic amines) is 1. The van der Waals surface area contributed by atoms with Gasteiger partial charge in [0.25, 0.3) is 5.89 Å². The van der Waals surface area contributed by atoms with Crippen LogP contribution in [0.3, 0.4) is 0 Å². The highest BCUT2D eigenvalue weighted by atomic mass is 16.5. The Labute approximate surface area is 216 Å². The van der Waals surface area contributed by atoms with Gasteiger partial charge in [-0.3, -0.25) is 14.4 Å². The van der Waals surface area contributed by atoms with Crippen LogP contribution in [-0.2, 0) is 20.9 Å². The predicted molar refractivity (Wildman–Crippen MR) is 133 cm³/mol. The third-order valence-corrected chi connectivity index (χ3v) is 6.24. The van der Waals surface area contributed by atoms with Crippen LogP contribution < -0.4 is 10.6 Å². The Kier molecular flexibility index (Phi) is 9.37. The molecule has 3 rings (SSSR count). The maximum absolute atomic E-state index is 13.5. The van der Waals surface area contributed by atoms with Gasteiger partial charge in [0.1, 0.15) is 18.7 Å². The zero-order chi connectivity index (χ0) is 27.1. The Balaban J connectivity index is 1.65. The lowest BCUT2D eigenvalue weighted by Gasteiger charge is -2.31. The van der Waals surface area contributed by atoms with Gasteiger partial charge in [0.05, 0.1) is 6.04 Å². The van der Waals surface area contributed by atoms with Gasteiger partial charge in [0.2, 0.25) is 23.5 Å². The van der Waals surface area contributed by atoms with Crippen molar-refractivity contribution in [2.45, 2.75) is 72.2 Å². The van der Waals surface area contributed by atoms with Crippen molar-refractivity contribution < 1.29 is 28.3 Å². The smallest absolute Gasteiger partial charge is 0.408 e. The number of Topliss-reactive ketones (excluding diaryl/α,β-unsaturated/α-hetero) is 1. The molecule has 1 aliphatic heterocycles. The van der Waals surface area contributed by atoms with Crippen LogP contribution in [0.2, 0.25) is 0 Å². The number of hydrogen-bond donors (Lipinski definition) is 2. The van der Waals surface area contributed by atoms with Crippen LogP contribution in [0.5, 0.6) is 0 Å². The number of nitrogens with one attached hydrogen (secondary N) is 2. The number of hydrogen-bond acceptors (Lipinski definition) is 8. The van der Waals surface area contributed by atoms with Crippen molar-refractivity contribution in [2.24, 2.45) is 11.8 Å². The molecule has 1 aromatic heterocycles. The molecule has 200 valence electrons. The number of ketones is 1. The molecule has 11 heteroatoms. The molecule has 1 aromatic carbocycles. The van der Waals surface area contributed by atoms with E-state index in [0.29, 0.717) is 19.4 Å². The summed E-state index contributed by atoms with van der Waals surface area (Å²) >= 11 is 0. The van der Waals surface area contributed by atoms with E-state index in [-0.39, 0.29) is 36.1 Å². The quantitative estimate of drug-likeness (QED) is 0.462. The fourth-order valence-corrected chi connectivity index (χ4v) is 4.20. The molecule has 0 aliphatic carbocycles. The monoisotopic (exact) mass is 513 g/mol. The zero-order valence-electron chi connectivity index (χ0n) is 21.9. The van der Waals surface area contributed by atoms with Crippen molar-refractivity contribution in [3.05, 3.63) is 47.7 Å². The molecule has 0 bridgehead atoms. The summed E-state index contributed by atoms with van der Waals surface area (Å²) in [5.41, 5.74) is 0.825. The third-order valence-electron chi connectivity index (χ3n) is 6.24. The van der Waals surface area contributed by atoms with Crippen LogP contribution >= 0.6 is 0 Å². The van der Waals surface area contributed by atoms with E-state index >= 15 is 0 Å². The second-order valence-electron chi connectivity index (χ2n) is 9.84. The van der Waals surface area contributed by atoms with E-state index in [1.807, 2.05) is 44.2 Å². The van der Waals surface area contributed by atoms with Crippen molar-refractivity contribution in [3.63, 3.8) is 0 Å². The molecular weight excluding hydrogens is 478 g/mol. The van der Waals surface area contributed by atoms with Crippen molar-refractivity contribution in [2.75, 3.05) is 6.54 Å². The summed E-state index contributed by atoms with van der Waals surface area (Å²) in [6.45, 7) is 9.23. The minimum Gasteiger partial charge on any atom is -0.445 e. The van der Waals surface area contributed by atoms with Gasteiger partial charge in [-0.25, -0.2) is 4.79 Å². The number of rotatable bonds is 10. The van der Waals surface area contributed by atoms with Crippen LogP contribution in [0.15, 0.2) is 34.7 Å². The fraction of sp³-hybridized carbons (Fsp3) is 0.538. The minimum absolute atomic E-state index is 0.0740. The Hall–Kier alpha value is -3.76. The molecule has 37 heavy (non-hydrogen) atoms. The number of alkyl carbamates (subject to hydrolysis) is 1. The van der Waals surface area contributed by atoms with Gasteiger partial charge in [0.15, 0.2) is 0 Å². The predicted octanol–water partition coefficient (Wildman–Crippen LogP) is 2.64. The number of amides is 3. The summed E-state index contributed by atoms with van der Waals surface area (Å²) < 4.78 is 10.5. The highest BCUT2D eigenvalue weighted by molar-refractivity contribution is 6.00.